The second kappa shape index (κ2) is 9.91. The van der Waals surface area contributed by atoms with Gasteiger partial charge < -0.3 is 20.7 Å². The number of nitrogens with zero attached hydrogens (tertiary/aromatic N) is 2. The number of amides is 3. The molecular formula is C24H20F6N4O4. The number of benzene rings is 2. The highest BCUT2D eigenvalue weighted by Gasteiger charge is 2.35. The molecule has 0 unspecified atom stereocenters. The maximum Gasteiger partial charge on any atom is 0.573 e. The molecule has 1 atom stereocenters. The molecule has 2 heterocycles. The molecule has 3 aromatic rings. The molecule has 3 amide bonds. The maximum atomic E-state index is 13.1. The fourth-order valence-corrected chi connectivity index (χ4v) is 4.39. The van der Waals surface area contributed by atoms with Crippen molar-refractivity contribution in [3.63, 3.8) is 0 Å². The number of rotatable bonds is 5. The number of nitrogens with one attached hydrogen (secondary N) is 1. The summed E-state index contributed by atoms with van der Waals surface area (Å²) in [5.74, 6) is -0.903. The average Bonchev–Trinajstić information content (AvgIpc) is 3.43. The molecule has 0 radical (unpaired) electrons. The zero-order chi connectivity index (χ0) is 27.8. The Kier molecular flexibility index (Phi) is 7.00. The molecule has 3 N–H and O–H groups in total. The highest BCUT2D eigenvalue weighted by Crippen LogP contribution is 2.35. The van der Waals surface area contributed by atoms with Crippen LogP contribution in [-0.2, 0) is 17.4 Å². The van der Waals surface area contributed by atoms with Gasteiger partial charge in [0.25, 0.3) is 0 Å². The minimum Gasteiger partial charge on any atom is -0.406 e. The number of alkyl halides is 6. The number of hydrogen-bond acceptors (Lipinski definition) is 4. The van der Waals surface area contributed by atoms with E-state index < -0.39 is 47.7 Å². The number of anilines is 1. The molecule has 4 rings (SSSR count). The van der Waals surface area contributed by atoms with E-state index in [4.69, 9.17) is 5.73 Å². The minimum absolute atomic E-state index is 0.00706. The van der Waals surface area contributed by atoms with Crippen molar-refractivity contribution in [1.82, 2.24) is 9.47 Å². The third-order valence-electron chi connectivity index (χ3n) is 6.01. The summed E-state index contributed by atoms with van der Waals surface area (Å²) in [5, 5.41) is 2.64. The van der Waals surface area contributed by atoms with E-state index in [0.29, 0.717) is 12.8 Å². The van der Waals surface area contributed by atoms with Crippen LogP contribution in [0.15, 0.2) is 48.7 Å². The van der Waals surface area contributed by atoms with Crippen LogP contribution in [0.1, 0.15) is 24.0 Å². The summed E-state index contributed by atoms with van der Waals surface area (Å²) in [4.78, 5) is 39.1. The van der Waals surface area contributed by atoms with Gasteiger partial charge >= 0.3 is 24.6 Å². The molecule has 1 fully saturated rings. The zero-order valence-corrected chi connectivity index (χ0v) is 19.4. The molecule has 1 aliphatic heterocycles. The maximum absolute atomic E-state index is 13.1. The number of fused-ring (bicyclic) bond motifs is 1. The van der Waals surface area contributed by atoms with E-state index in [2.05, 4.69) is 10.1 Å². The Hall–Kier alpha value is -4.23. The van der Waals surface area contributed by atoms with Crippen molar-refractivity contribution in [2.75, 3.05) is 11.9 Å². The lowest BCUT2D eigenvalue weighted by Crippen LogP contribution is -2.43. The summed E-state index contributed by atoms with van der Waals surface area (Å²) in [7, 11) is 0. The van der Waals surface area contributed by atoms with Crippen molar-refractivity contribution >= 4 is 34.4 Å². The third-order valence-corrected chi connectivity index (χ3v) is 6.01. The number of Topliss-reactive ketones (excluding diaryl/α,β-unsaturated/α-hetero) is 1. The molecule has 0 spiro atoms. The Morgan fingerprint density at radius 2 is 1.79 bits per heavy atom. The van der Waals surface area contributed by atoms with Gasteiger partial charge in [0.05, 0.1) is 22.8 Å². The second-order valence-corrected chi connectivity index (χ2v) is 8.60. The third kappa shape index (κ3) is 5.84. The van der Waals surface area contributed by atoms with Gasteiger partial charge in [-0.05, 0) is 42.7 Å². The first-order chi connectivity index (χ1) is 17.7. The van der Waals surface area contributed by atoms with Crippen molar-refractivity contribution in [2.24, 2.45) is 5.73 Å². The smallest absolute Gasteiger partial charge is 0.406 e. The number of nitrogens with two attached hydrogens (primary N) is 1. The molecule has 0 saturated carbocycles. The minimum atomic E-state index is -4.89. The van der Waals surface area contributed by atoms with Gasteiger partial charge in [-0.25, -0.2) is 9.59 Å². The number of halogens is 6. The summed E-state index contributed by atoms with van der Waals surface area (Å²) in [6.45, 7) is 0.187. The number of hydrogen-bond donors (Lipinski definition) is 2. The molecule has 38 heavy (non-hydrogen) atoms. The fraction of sp³-hybridized carbons (Fsp3) is 0.292. The van der Waals surface area contributed by atoms with Gasteiger partial charge in [-0.2, -0.15) is 13.2 Å². The van der Waals surface area contributed by atoms with E-state index in [1.54, 1.807) is 0 Å². The lowest BCUT2D eigenvalue weighted by Gasteiger charge is -2.24. The van der Waals surface area contributed by atoms with Crippen molar-refractivity contribution in [3.8, 4) is 5.75 Å². The molecule has 1 aromatic heterocycles. The largest absolute Gasteiger partial charge is 0.573 e. The van der Waals surface area contributed by atoms with Crippen molar-refractivity contribution in [1.29, 1.82) is 0 Å². The van der Waals surface area contributed by atoms with Gasteiger partial charge in [-0.15, -0.1) is 13.2 Å². The Morgan fingerprint density at radius 3 is 2.45 bits per heavy atom. The summed E-state index contributed by atoms with van der Waals surface area (Å²) in [6, 6.07) is 4.86. The quantitative estimate of drug-likeness (QED) is 0.427. The first kappa shape index (κ1) is 26.8. The molecule has 1 aliphatic rings. The zero-order valence-electron chi connectivity index (χ0n) is 19.4. The SMILES string of the molecule is NC(=O)n1cc(NC(=O)N2CCC[C@H]2C(=O)Cc2cccc(OC(F)(F)F)c2)c2ccc(C(F)(F)F)cc21. The first-order valence-corrected chi connectivity index (χ1v) is 11.2. The van der Waals surface area contributed by atoms with E-state index in [0.717, 1.165) is 41.1 Å². The molecule has 0 aliphatic carbocycles. The van der Waals surface area contributed by atoms with E-state index in [9.17, 15) is 40.7 Å². The molecule has 2 aromatic carbocycles. The molecule has 8 nitrogen and oxygen atoms in total. The second-order valence-electron chi connectivity index (χ2n) is 8.60. The van der Waals surface area contributed by atoms with Crippen LogP contribution in [-0.4, -0.2) is 46.3 Å². The molecule has 202 valence electrons. The van der Waals surface area contributed by atoms with Crippen molar-refractivity contribution in [3.05, 3.63) is 59.8 Å². The number of ketones is 1. The standard InChI is InChI=1S/C24H20F6N4O4/c25-23(26,27)14-6-7-16-17(12-34(21(31)36)19(16)11-14)32-22(37)33-8-2-5-18(33)20(35)10-13-3-1-4-15(9-13)38-24(28,29)30/h1,3-4,6-7,9,11-12,18H,2,5,8,10H2,(H2,31,36)(H,32,37)/t18-/m0/s1. The number of ether oxygens (including phenoxy) is 1. The van der Waals surface area contributed by atoms with Gasteiger partial charge in [-0.3, -0.25) is 9.36 Å². The van der Waals surface area contributed by atoms with E-state index in [1.165, 1.54) is 17.0 Å². The van der Waals surface area contributed by atoms with E-state index in [-0.39, 0.29) is 35.1 Å². The van der Waals surface area contributed by atoms with Gasteiger partial charge in [0.2, 0.25) is 0 Å². The number of urea groups is 1. The van der Waals surface area contributed by atoms with Crippen LogP contribution in [0.4, 0.5) is 41.6 Å². The first-order valence-electron chi connectivity index (χ1n) is 11.2. The monoisotopic (exact) mass is 542 g/mol. The van der Waals surface area contributed by atoms with Gasteiger partial charge in [0.15, 0.2) is 5.78 Å². The highest BCUT2D eigenvalue weighted by atomic mass is 19.4. The van der Waals surface area contributed by atoms with Gasteiger partial charge in [0, 0.05) is 24.5 Å². The number of likely N-dealkylation sites (tertiary alicyclic amines) is 1. The van der Waals surface area contributed by atoms with Crippen LogP contribution in [0.3, 0.4) is 0 Å². The van der Waals surface area contributed by atoms with E-state index in [1.807, 2.05) is 0 Å². The van der Waals surface area contributed by atoms with Crippen LogP contribution in [0.5, 0.6) is 5.75 Å². The van der Waals surface area contributed by atoms with Crippen molar-refractivity contribution < 1.29 is 45.5 Å². The molecule has 1 saturated heterocycles. The topological polar surface area (TPSA) is 107 Å². The van der Waals surface area contributed by atoms with E-state index >= 15 is 0 Å². The number of carbonyl (C=O) groups excluding carboxylic acids is 3. The van der Waals surface area contributed by atoms with Gasteiger partial charge in [0.1, 0.15) is 5.75 Å². The van der Waals surface area contributed by atoms with Crippen LogP contribution < -0.4 is 15.8 Å². The van der Waals surface area contributed by atoms with Crippen LogP contribution >= 0.6 is 0 Å². The average molecular weight is 542 g/mol. The molecule has 14 heteroatoms. The summed E-state index contributed by atoms with van der Waals surface area (Å²) in [5.41, 5.74) is 4.37. The summed E-state index contributed by atoms with van der Waals surface area (Å²) < 4.78 is 81.6. The number of carbonyl (C=O) groups is 3. The van der Waals surface area contributed by atoms with Crippen LogP contribution in [0.2, 0.25) is 0 Å². The predicted octanol–water partition coefficient (Wildman–Crippen LogP) is 5.29. The summed E-state index contributed by atoms with van der Waals surface area (Å²) >= 11 is 0. The normalized spacial score (nSPS) is 16.1. The van der Waals surface area contributed by atoms with Crippen LogP contribution in [0.25, 0.3) is 10.9 Å². The number of primary amides is 1. The Labute approximate surface area is 210 Å². The number of aromatic nitrogens is 1. The Balaban J connectivity index is 1.52. The lowest BCUT2D eigenvalue weighted by molar-refractivity contribution is -0.274. The van der Waals surface area contributed by atoms with Crippen LogP contribution in [0, 0.1) is 0 Å². The lowest BCUT2D eigenvalue weighted by atomic mass is 10.0. The molecular weight excluding hydrogens is 522 g/mol. The Bertz CT molecular complexity index is 1400. The fourth-order valence-electron chi connectivity index (χ4n) is 4.39. The summed E-state index contributed by atoms with van der Waals surface area (Å²) in [6.07, 6.45) is -7.96. The highest BCUT2D eigenvalue weighted by molar-refractivity contribution is 6.05. The predicted molar refractivity (Wildman–Crippen MR) is 123 cm³/mol. The Morgan fingerprint density at radius 1 is 1.05 bits per heavy atom. The van der Waals surface area contributed by atoms with Crippen molar-refractivity contribution in [2.45, 2.75) is 37.8 Å². The van der Waals surface area contributed by atoms with Gasteiger partial charge in [-0.1, -0.05) is 18.2 Å². The molecule has 0 bridgehead atoms.